The van der Waals surface area contributed by atoms with Gasteiger partial charge in [0.2, 0.25) is 0 Å². The van der Waals surface area contributed by atoms with Crippen molar-refractivity contribution in [1.29, 1.82) is 0 Å². The molecule has 0 aromatic rings. The second-order valence-corrected chi connectivity index (χ2v) is 4.07. The van der Waals surface area contributed by atoms with E-state index in [9.17, 15) is 4.79 Å². The van der Waals surface area contributed by atoms with E-state index in [-0.39, 0.29) is 11.6 Å². The Kier molecular flexibility index (Phi) is 3.69. The Labute approximate surface area is 85.7 Å². The van der Waals surface area contributed by atoms with Crippen molar-refractivity contribution in [2.24, 2.45) is 0 Å². The van der Waals surface area contributed by atoms with Crippen LogP contribution in [0, 0.1) is 0 Å². The highest BCUT2D eigenvalue weighted by Crippen LogP contribution is 2.29. The first-order chi connectivity index (χ1) is 6.58. The largest absolute Gasteiger partial charge is 0.459 e. The topological polar surface area (TPSA) is 29.5 Å². The molecule has 0 bridgehead atoms. The number of hydrogen-bond donors (Lipinski definition) is 0. The number of carbonyl (C=O) groups excluding carboxylic acids is 1. The summed E-state index contributed by atoms with van der Waals surface area (Å²) in [7, 11) is 2.09. The minimum Gasteiger partial charge on any atom is -0.459 e. The van der Waals surface area contributed by atoms with Gasteiger partial charge in [0, 0.05) is 39.3 Å². The Hall–Kier alpha value is -0.830. The molecule has 1 aliphatic rings. The van der Waals surface area contributed by atoms with Crippen molar-refractivity contribution in [2.45, 2.75) is 31.8 Å². The van der Waals surface area contributed by atoms with E-state index in [1.54, 1.807) is 0 Å². The first kappa shape index (κ1) is 11.2. The van der Waals surface area contributed by atoms with Crippen molar-refractivity contribution in [3.8, 4) is 0 Å². The predicted molar refractivity (Wildman–Crippen MR) is 56.0 cm³/mol. The van der Waals surface area contributed by atoms with Crippen LogP contribution >= 0.6 is 0 Å². The lowest BCUT2D eigenvalue weighted by molar-refractivity contribution is -0.161. The van der Waals surface area contributed by atoms with Crippen molar-refractivity contribution in [1.82, 2.24) is 4.90 Å². The lowest BCUT2D eigenvalue weighted by atomic mass is 9.88. The maximum atomic E-state index is 11.0. The summed E-state index contributed by atoms with van der Waals surface area (Å²) in [6.07, 6.45) is 4.43. The van der Waals surface area contributed by atoms with Gasteiger partial charge < -0.3 is 9.64 Å². The lowest BCUT2D eigenvalue weighted by Crippen LogP contribution is -2.45. The predicted octanol–water partition coefficient (Wildman–Crippen LogP) is 1.59. The summed E-state index contributed by atoms with van der Waals surface area (Å²) < 4.78 is 5.43. The molecule has 0 aromatic heterocycles. The maximum Gasteiger partial charge on any atom is 0.303 e. The van der Waals surface area contributed by atoms with E-state index in [1.165, 1.54) is 6.92 Å². The van der Waals surface area contributed by atoms with Gasteiger partial charge in [-0.1, -0.05) is 6.08 Å². The third-order valence-corrected chi connectivity index (χ3v) is 2.77. The van der Waals surface area contributed by atoms with Crippen LogP contribution < -0.4 is 0 Å². The molecule has 0 spiro atoms. The molecule has 1 aliphatic heterocycles. The van der Waals surface area contributed by atoms with Gasteiger partial charge in [-0.2, -0.15) is 0 Å². The van der Waals surface area contributed by atoms with Gasteiger partial charge in [0.05, 0.1) is 0 Å². The van der Waals surface area contributed by atoms with E-state index < -0.39 is 0 Å². The molecular weight excluding hydrogens is 178 g/mol. The van der Waals surface area contributed by atoms with Crippen LogP contribution in [-0.2, 0) is 9.53 Å². The maximum absolute atomic E-state index is 11.0. The highest BCUT2D eigenvalue weighted by atomic mass is 16.6. The molecule has 1 saturated heterocycles. The monoisotopic (exact) mass is 197 g/mol. The van der Waals surface area contributed by atoms with Crippen LogP contribution in [0.4, 0.5) is 0 Å². The number of likely N-dealkylation sites (tertiary alicyclic amines) is 1. The smallest absolute Gasteiger partial charge is 0.303 e. The molecule has 0 radical (unpaired) electrons. The third-order valence-electron chi connectivity index (χ3n) is 2.77. The van der Waals surface area contributed by atoms with Gasteiger partial charge in [-0.25, -0.2) is 0 Å². The van der Waals surface area contributed by atoms with Crippen molar-refractivity contribution in [3.63, 3.8) is 0 Å². The minimum atomic E-state index is -0.278. The summed E-state index contributed by atoms with van der Waals surface area (Å²) in [6, 6.07) is 0. The zero-order chi connectivity index (χ0) is 10.6. The van der Waals surface area contributed by atoms with E-state index in [4.69, 9.17) is 4.74 Å². The van der Waals surface area contributed by atoms with Crippen molar-refractivity contribution in [3.05, 3.63) is 12.7 Å². The summed E-state index contributed by atoms with van der Waals surface area (Å²) in [5.74, 6) is -0.184. The first-order valence-electron chi connectivity index (χ1n) is 5.07. The molecule has 0 unspecified atom stereocenters. The second-order valence-electron chi connectivity index (χ2n) is 4.07. The minimum absolute atomic E-state index is 0.184. The Balaban J connectivity index is 2.62. The fourth-order valence-corrected chi connectivity index (χ4v) is 1.94. The van der Waals surface area contributed by atoms with Crippen molar-refractivity contribution < 1.29 is 9.53 Å². The van der Waals surface area contributed by atoms with Crippen LogP contribution in [-0.4, -0.2) is 36.6 Å². The van der Waals surface area contributed by atoms with Crippen LogP contribution in [0.2, 0.25) is 0 Å². The third kappa shape index (κ3) is 2.84. The highest BCUT2D eigenvalue weighted by Gasteiger charge is 2.35. The normalized spacial score (nSPS) is 21.6. The van der Waals surface area contributed by atoms with Gasteiger partial charge in [0.25, 0.3) is 0 Å². The molecule has 80 valence electrons. The summed E-state index contributed by atoms with van der Waals surface area (Å²) in [6.45, 7) is 7.17. The summed E-state index contributed by atoms with van der Waals surface area (Å²) in [5.41, 5.74) is -0.278. The average Bonchev–Trinajstić information content (AvgIpc) is 2.10. The van der Waals surface area contributed by atoms with Crippen LogP contribution in [0.25, 0.3) is 0 Å². The van der Waals surface area contributed by atoms with Crippen molar-refractivity contribution in [2.75, 3.05) is 20.1 Å². The molecule has 1 fully saturated rings. The van der Waals surface area contributed by atoms with E-state index in [1.807, 2.05) is 6.08 Å². The number of nitrogens with zero attached hydrogens (tertiary/aromatic N) is 1. The fourth-order valence-electron chi connectivity index (χ4n) is 1.94. The number of carbonyl (C=O) groups is 1. The Morgan fingerprint density at radius 3 is 2.57 bits per heavy atom. The zero-order valence-corrected chi connectivity index (χ0v) is 9.08. The van der Waals surface area contributed by atoms with Crippen LogP contribution in [0.5, 0.6) is 0 Å². The Morgan fingerprint density at radius 2 is 2.14 bits per heavy atom. The molecule has 0 aromatic carbocycles. The van der Waals surface area contributed by atoms with Gasteiger partial charge >= 0.3 is 5.97 Å². The molecule has 14 heavy (non-hydrogen) atoms. The molecule has 1 rings (SSSR count). The molecule has 0 amide bonds. The SMILES string of the molecule is C=CCC1(OC(C)=O)CCN(C)CC1. The van der Waals surface area contributed by atoms with Crippen molar-refractivity contribution >= 4 is 5.97 Å². The molecule has 1 heterocycles. The van der Waals surface area contributed by atoms with E-state index in [0.717, 1.165) is 32.4 Å². The molecule has 0 N–H and O–H groups in total. The summed E-state index contributed by atoms with van der Waals surface area (Å²) in [4.78, 5) is 13.3. The van der Waals surface area contributed by atoms with Gasteiger partial charge in [0.1, 0.15) is 5.60 Å². The Morgan fingerprint density at radius 1 is 1.57 bits per heavy atom. The molecule has 0 atom stereocenters. The van der Waals surface area contributed by atoms with E-state index in [0.29, 0.717) is 0 Å². The first-order valence-corrected chi connectivity index (χ1v) is 5.07. The molecule has 0 aliphatic carbocycles. The molecule has 3 heteroatoms. The van der Waals surface area contributed by atoms with Gasteiger partial charge in [0.15, 0.2) is 0 Å². The molecule has 0 saturated carbocycles. The average molecular weight is 197 g/mol. The fraction of sp³-hybridized carbons (Fsp3) is 0.727. The molecule has 3 nitrogen and oxygen atoms in total. The van der Waals surface area contributed by atoms with Crippen LogP contribution in [0.15, 0.2) is 12.7 Å². The standard InChI is InChI=1S/C11H19NO2/c1-4-5-11(14-10(2)13)6-8-12(3)9-7-11/h4H,1,5-9H2,2-3H3. The summed E-state index contributed by atoms with van der Waals surface area (Å²) in [5, 5.41) is 0. The van der Waals surface area contributed by atoms with Crippen LogP contribution in [0.1, 0.15) is 26.2 Å². The van der Waals surface area contributed by atoms with E-state index in [2.05, 4.69) is 18.5 Å². The Bertz CT molecular complexity index is 217. The highest BCUT2D eigenvalue weighted by molar-refractivity contribution is 5.66. The van der Waals surface area contributed by atoms with Gasteiger partial charge in [-0.15, -0.1) is 6.58 Å². The number of rotatable bonds is 3. The summed E-state index contributed by atoms with van der Waals surface area (Å²) >= 11 is 0. The quantitative estimate of drug-likeness (QED) is 0.508. The number of ether oxygens (including phenoxy) is 1. The number of esters is 1. The molecular formula is C11H19NO2. The zero-order valence-electron chi connectivity index (χ0n) is 9.08. The van der Waals surface area contributed by atoms with Gasteiger partial charge in [-0.05, 0) is 7.05 Å². The lowest BCUT2D eigenvalue weighted by Gasteiger charge is -2.39. The van der Waals surface area contributed by atoms with Crippen LogP contribution in [0.3, 0.4) is 0 Å². The second kappa shape index (κ2) is 4.60. The number of piperidine rings is 1. The van der Waals surface area contributed by atoms with Gasteiger partial charge in [-0.3, -0.25) is 4.79 Å². The van der Waals surface area contributed by atoms with E-state index >= 15 is 0 Å². The number of hydrogen-bond acceptors (Lipinski definition) is 3.